The summed E-state index contributed by atoms with van der Waals surface area (Å²) in [7, 11) is 0. The molecule has 0 atom stereocenters. The predicted molar refractivity (Wildman–Crippen MR) is 85.0 cm³/mol. The van der Waals surface area contributed by atoms with Crippen LogP contribution in [0, 0.1) is 0 Å². The molecule has 0 radical (unpaired) electrons. The highest BCUT2D eigenvalue weighted by Crippen LogP contribution is 2.40. The number of thioether (sulfide) groups is 1. The average molecular weight is 303 g/mol. The summed E-state index contributed by atoms with van der Waals surface area (Å²) in [6, 6.07) is 10.2. The first-order valence-corrected chi connectivity index (χ1v) is 8.39. The maximum Gasteiger partial charge on any atom is 0.209 e. The van der Waals surface area contributed by atoms with Gasteiger partial charge in [0.05, 0.1) is 11.3 Å². The van der Waals surface area contributed by atoms with Crippen LogP contribution in [0.2, 0.25) is 0 Å². The van der Waals surface area contributed by atoms with Crippen molar-refractivity contribution in [3.05, 3.63) is 36.2 Å². The molecule has 5 heteroatoms. The molecule has 0 amide bonds. The van der Waals surface area contributed by atoms with E-state index >= 15 is 0 Å². The second kappa shape index (κ2) is 5.81. The molecule has 1 aliphatic carbocycles. The van der Waals surface area contributed by atoms with Crippen molar-refractivity contribution in [3.63, 3.8) is 0 Å². The van der Waals surface area contributed by atoms with Gasteiger partial charge in [-0.25, -0.2) is 9.67 Å². The van der Waals surface area contributed by atoms with Crippen LogP contribution >= 0.6 is 11.8 Å². The van der Waals surface area contributed by atoms with Crippen molar-refractivity contribution in [1.82, 2.24) is 14.8 Å². The first-order valence-electron chi connectivity index (χ1n) is 7.40. The minimum Gasteiger partial charge on any atom is -0.390 e. The Morgan fingerprint density at radius 1 is 1.29 bits per heavy atom. The van der Waals surface area contributed by atoms with Gasteiger partial charge in [-0.15, -0.1) is 5.10 Å². The minimum absolute atomic E-state index is 0.557. The number of para-hydroxylation sites is 1. The van der Waals surface area contributed by atoms with Gasteiger partial charge in [-0.1, -0.05) is 30.0 Å². The molecule has 0 spiro atoms. The van der Waals surface area contributed by atoms with Crippen molar-refractivity contribution in [2.24, 2.45) is 0 Å². The Kier molecular flexibility index (Phi) is 4.04. The summed E-state index contributed by atoms with van der Waals surface area (Å²) < 4.78 is 1.98. The number of benzene rings is 1. The standard InChI is InChI=1S/C16H21N3OS/c1-16(2,20)10-11-21-15-17-14(12-8-9-12)19(18-15)13-6-4-3-5-7-13/h3-7,12,20H,8-11H2,1-2H3. The number of aliphatic hydroxyl groups is 1. The zero-order valence-corrected chi connectivity index (χ0v) is 13.3. The maximum absolute atomic E-state index is 9.77. The van der Waals surface area contributed by atoms with E-state index in [1.165, 1.54) is 12.8 Å². The summed E-state index contributed by atoms with van der Waals surface area (Å²) in [5, 5.41) is 15.2. The van der Waals surface area contributed by atoms with Crippen LogP contribution in [0.1, 0.15) is 44.9 Å². The predicted octanol–water partition coefficient (Wildman–Crippen LogP) is 3.40. The van der Waals surface area contributed by atoms with Crippen LogP contribution in [-0.2, 0) is 0 Å². The molecule has 21 heavy (non-hydrogen) atoms. The van der Waals surface area contributed by atoms with Crippen molar-refractivity contribution < 1.29 is 5.11 Å². The van der Waals surface area contributed by atoms with E-state index in [-0.39, 0.29) is 0 Å². The molecule has 0 unspecified atom stereocenters. The van der Waals surface area contributed by atoms with Gasteiger partial charge in [-0.05, 0) is 45.2 Å². The second-order valence-corrected chi connectivity index (χ2v) is 7.25. The van der Waals surface area contributed by atoms with Crippen LogP contribution in [-0.4, -0.2) is 31.2 Å². The quantitative estimate of drug-likeness (QED) is 0.831. The molecular weight excluding hydrogens is 282 g/mol. The van der Waals surface area contributed by atoms with Gasteiger partial charge >= 0.3 is 0 Å². The third-order valence-corrected chi connectivity index (χ3v) is 4.34. The zero-order chi connectivity index (χ0) is 14.9. The van der Waals surface area contributed by atoms with E-state index in [9.17, 15) is 5.11 Å². The minimum atomic E-state index is -0.631. The van der Waals surface area contributed by atoms with E-state index in [1.54, 1.807) is 11.8 Å². The lowest BCUT2D eigenvalue weighted by molar-refractivity contribution is 0.0777. The Hall–Kier alpha value is -1.33. The van der Waals surface area contributed by atoms with Gasteiger partial charge in [-0.3, -0.25) is 0 Å². The van der Waals surface area contributed by atoms with Crippen LogP contribution in [0.4, 0.5) is 0 Å². The van der Waals surface area contributed by atoms with Gasteiger partial charge in [0.15, 0.2) is 0 Å². The molecule has 4 nitrogen and oxygen atoms in total. The fourth-order valence-corrected chi connectivity index (χ4v) is 3.20. The Morgan fingerprint density at radius 2 is 2.00 bits per heavy atom. The van der Waals surface area contributed by atoms with Gasteiger partial charge in [0, 0.05) is 11.7 Å². The van der Waals surface area contributed by atoms with Crippen molar-refractivity contribution >= 4 is 11.8 Å². The first-order chi connectivity index (χ1) is 10.0. The van der Waals surface area contributed by atoms with E-state index in [0.29, 0.717) is 5.92 Å². The van der Waals surface area contributed by atoms with Crippen LogP contribution in [0.3, 0.4) is 0 Å². The van der Waals surface area contributed by atoms with Gasteiger partial charge in [0.1, 0.15) is 5.82 Å². The summed E-state index contributed by atoms with van der Waals surface area (Å²) >= 11 is 1.62. The normalized spacial score (nSPS) is 15.4. The number of nitrogens with zero attached hydrogens (tertiary/aromatic N) is 3. The molecule has 1 aliphatic rings. The number of rotatable bonds is 6. The lowest BCUT2D eigenvalue weighted by atomic mass is 10.1. The maximum atomic E-state index is 9.77. The zero-order valence-electron chi connectivity index (χ0n) is 12.5. The molecule has 0 bridgehead atoms. The van der Waals surface area contributed by atoms with E-state index in [1.807, 2.05) is 36.7 Å². The molecule has 1 fully saturated rings. The highest BCUT2D eigenvalue weighted by atomic mass is 32.2. The molecule has 112 valence electrons. The highest BCUT2D eigenvalue weighted by Gasteiger charge is 2.30. The molecule has 2 aromatic rings. The second-order valence-electron chi connectivity index (χ2n) is 6.19. The van der Waals surface area contributed by atoms with Crippen LogP contribution in [0.25, 0.3) is 5.69 Å². The Morgan fingerprint density at radius 3 is 2.62 bits per heavy atom. The number of hydrogen-bond donors (Lipinski definition) is 1. The van der Waals surface area contributed by atoms with Crippen LogP contribution in [0.5, 0.6) is 0 Å². The first kappa shape index (κ1) is 14.6. The topological polar surface area (TPSA) is 50.9 Å². The molecule has 1 heterocycles. The Bertz CT molecular complexity index is 600. The third-order valence-electron chi connectivity index (χ3n) is 3.50. The molecule has 3 rings (SSSR count). The number of aromatic nitrogens is 3. The molecule has 1 saturated carbocycles. The number of hydrogen-bond acceptors (Lipinski definition) is 4. The van der Waals surface area contributed by atoms with E-state index in [0.717, 1.165) is 28.8 Å². The molecule has 0 saturated heterocycles. The molecule has 0 aliphatic heterocycles. The Balaban J connectivity index is 1.77. The largest absolute Gasteiger partial charge is 0.390 e. The van der Waals surface area contributed by atoms with Crippen LogP contribution < -0.4 is 0 Å². The fourth-order valence-electron chi connectivity index (χ4n) is 2.12. The molecule has 1 aromatic carbocycles. The lowest BCUT2D eigenvalue weighted by Crippen LogP contribution is -2.19. The molecular formula is C16H21N3OS. The summed E-state index contributed by atoms with van der Waals surface area (Å²) in [5.74, 6) is 2.46. The third kappa shape index (κ3) is 3.86. The van der Waals surface area contributed by atoms with Crippen molar-refractivity contribution in [2.45, 2.75) is 49.8 Å². The van der Waals surface area contributed by atoms with Gasteiger partial charge in [-0.2, -0.15) is 0 Å². The van der Waals surface area contributed by atoms with Crippen molar-refractivity contribution in [1.29, 1.82) is 0 Å². The summed E-state index contributed by atoms with van der Waals surface area (Å²) in [4.78, 5) is 4.70. The monoisotopic (exact) mass is 303 g/mol. The van der Waals surface area contributed by atoms with Gasteiger partial charge in [0.2, 0.25) is 5.16 Å². The summed E-state index contributed by atoms with van der Waals surface area (Å²) in [6.45, 7) is 3.67. The van der Waals surface area contributed by atoms with E-state index in [4.69, 9.17) is 4.98 Å². The van der Waals surface area contributed by atoms with Crippen molar-refractivity contribution in [3.8, 4) is 5.69 Å². The summed E-state index contributed by atoms with van der Waals surface area (Å²) in [5.41, 5.74) is 0.440. The van der Waals surface area contributed by atoms with Crippen molar-refractivity contribution in [2.75, 3.05) is 5.75 Å². The van der Waals surface area contributed by atoms with Crippen LogP contribution in [0.15, 0.2) is 35.5 Å². The van der Waals surface area contributed by atoms with Gasteiger partial charge < -0.3 is 5.11 Å². The Labute approximate surface area is 129 Å². The SMILES string of the molecule is CC(C)(O)CCSc1nc(C2CC2)n(-c2ccccc2)n1. The fraction of sp³-hybridized carbons (Fsp3) is 0.500. The summed E-state index contributed by atoms with van der Waals surface area (Å²) in [6.07, 6.45) is 3.15. The molecule has 1 N–H and O–H groups in total. The van der Waals surface area contributed by atoms with E-state index < -0.39 is 5.60 Å². The van der Waals surface area contributed by atoms with Gasteiger partial charge in [0.25, 0.3) is 0 Å². The molecule has 1 aromatic heterocycles. The lowest BCUT2D eigenvalue weighted by Gasteiger charge is -2.15. The van der Waals surface area contributed by atoms with E-state index in [2.05, 4.69) is 17.2 Å². The highest BCUT2D eigenvalue weighted by molar-refractivity contribution is 7.99. The average Bonchev–Trinajstić information content (AvgIpc) is 3.19. The smallest absolute Gasteiger partial charge is 0.209 e.